The Hall–Kier alpha value is -1.52. The number of nitrogens with two attached hydrogens (primary N) is 1. The predicted molar refractivity (Wildman–Crippen MR) is 66.7 cm³/mol. The van der Waals surface area contributed by atoms with E-state index in [0.717, 1.165) is 23.8 Å². The monoisotopic (exact) mass is 236 g/mol. The number of nitrogens with one attached hydrogen (secondary N) is 1. The Balaban J connectivity index is 1.90. The van der Waals surface area contributed by atoms with E-state index in [1.807, 2.05) is 13.8 Å². The summed E-state index contributed by atoms with van der Waals surface area (Å²) in [4.78, 5) is 8.57. The predicted octanol–water partition coefficient (Wildman–Crippen LogP) is 1.50. The molecule has 1 aliphatic carbocycles. The average Bonchev–Trinajstić information content (AvgIpc) is 2.62. The first-order chi connectivity index (χ1) is 8.19. The Morgan fingerprint density at radius 1 is 1.59 bits per heavy atom. The van der Waals surface area contributed by atoms with Crippen molar-refractivity contribution < 1.29 is 4.42 Å². The number of oxazole rings is 1. The maximum atomic E-state index is 5.80. The zero-order chi connectivity index (χ0) is 12.3. The van der Waals surface area contributed by atoms with E-state index in [9.17, 15) is 0 Å². The number of hydrogen-bond acceptors (Lipinski definition) is 3. The fraction of sp³-hybridized carbons (Fsp3) is 0.667. The standard InChI is InChI=1S/C12H20N4O/c1-3-11-15-8(2)10(17-11)7-14-12(13)16-9-5-4-6-9/h9H,3-7H2,1-2H3,(H3,13,14,16). The molecule has 0 aliphatic heterocycles. The van der Waals surface area contributed by atoms with E-state index in [0.29, 0.717) is 18.5 Å². The lowest BCUT2D eigenvalue weighted by atomic mass is 9.93. The highest BCUT2D eigenvalue weighted by atomic mass is 16.4. The lowest BCUT2D eigenvalue weighted by molar-refractivity contribution is 0.382. The van der Waals surface area contributed by atoms with Crippen molar-refractivity contribution in [2.24, 2.45) is 10.7 Å². The van der Waals surface area contributed by atoms with Crippen LogP contribution in [0.4, 0.5) is 0 Å². The largest absolute Gasteiger partial charge is 0.443 e. The fourth-order valence-corrected chi connectivity index (χ4v) is 1.75. The van der Waals surface area contributed by atoms with Gasteiger partial charge in [-0.3, -0.25) is 0 Å². The van der Waals surface area contributed by atoms with E-state index in [1.54, 1.807) is 0 Å². The highest BCUT2D eigenvalue weighted by molar-refractivity contribution is 5.78. The molecular formula is C12H20N4O. The third-order valence-corrected chi connectivity index (χ3v) is 3.09. The van der Waals surface area contributed by atoms with Gasteiger partial charge < -0.3 is 15.5 Å². The zero-order valence-electron chi connectivity index (χ0n) is 10.5. The van der Waals surface area contributed by atoms with Crippen LogP contribution in [0, 0.1) is 6.92 Å². The summed E-state index contributed by atoms with van der Waals surface area (Å²) >= 11 is 0. The van der Waals surface area contributed by atoms with E-state index < -0.39 is 0 Å². The summed E-state index contributed by atoms with van der Waals surface area (Å²) in [5.41, 5.74) is 6.70. The average molecular weight is 236 g/mol. The van der Waals surface area contributed by atoms with Crippen molar-refractivity contribution >= 4 is 5.96 Å². The van der Waals surface area contributed by atoms with Gasteiger partial charge >= 0.3 is 0 Å². The first kappa shape index (κ1) is 12.0. The second-order valence-corrected chi connectivity index (χ2v) is 4.44. The molecule has 0 spiro atoms. The molecule has 0 atom stereocenters. The van der Waals surface area contributed by atoms with Crippen LogP contribution in [0.1, 0.15) is 43.5 Å². The molecule has 0 bridgehead atoms. The van der Waals surface area contributed by atoms with E-state index >= 15 is 0 Å². The molecule has 1 saturated carbocycles. The Morgan fingerprint density at radius 2 is 2.35 bits per heavy atom. The SMILES string of the molecule is CCc1nc(C)c(CN=C(N)NC2CCC2)o1. The molecule has 1 aliphatic rings. The molecule has 17 heavy (non-hydrogen) atoms. The number of nitrogens with zero attached hydrogens (tertiary/aromatic N) is 2. The number of aliphatic imine (C=N–C) groups is 1. The Morgan fingerprint density at radius 3 is 2.88 bits per heavy atom. The third kappa shape index (κ3) is 2.99. The first-order valence-corrected chi connectivity index (χ1v) is 6.20. The molecule has 5 nitrogen and oxygen atoms in total. The van der Waals surface area contributed by atoms with Crippen LogP contribution in [0.15, 0.2) is 9.41 Å². The van der Waals surface area contributed by atoms with Gasteiger partial charge in [0.15, 0.2) is 11.9 Å². The number of hydrogen-bond donors (Lipinski definition) is 2. The summed E-state index contributed by atoms with van der Waals surface area (Å²) in [6, 6.07) is 0.515. The second-order valence-electron chi connectivity index (χ2n) is 4.44. The summed E-state index contributed by atoms with van der Waals surface area (Å²) < 4.78 is 5.56. The molecule has 1 aromatic rings. The number of aryl methyl sites for hydroxylation is 2. The first-order valence-electron chi connectivity index (χ1n) is 6.20. The van der Waals surface area contributed by atoms with E-state index in [-0.39, 0.29) is 0 Å². The maximum absolute atomic E-state index is 5.80. The zero-order valence-corrected chi connectivity index (χ0v) is 10.5. The Labute approximate surface area is 102 Å². The van der Waals surface area contributed by atoms with Gasteiger partial charge in [0.25, 0.3) is 0 Å². The number of aromatic nitrogens is 1. The van der Waals surface area contributed by atoms with Gasteiger partial charge in [-0.1, -0.05) is 6.92 Å². The van der Waals surface area contributed by atoms with Gasteiger partial charge in [0.05, 0.1) is 5.69 Å². The molecule has 1 heterocycles. The maximum Gasteiger partial charge on any atom is 0.194 e. The molecule has 5 heteroatoms. The summed E-state index contributed by atoms with van der Waals surface area (Å²) in [5, 5.41) is 3.19. The van der Waals surface area contributed by atoms with Crippen molar-refractivity contribution in [3.63, 3.8) is 0 Å². The molecule has 0 amide bonds. The van der Waals surface area contributed by atoms with Gasteiger partial charge in [-0.25, -0.2) is 9.98 Å². The van der Waals surface area contributed by atoms with Crippen LogP contribution in [0.2, 0.25) is 0 Å². The molecule has 3 N–H and O–H groups in total. The van der Waals surface area contributed by atoms with Crippen molar-refractivity contribution in [3.05, 3.63) is 17.3 Å². The van der Waals surface area contributed by atoms with Gasteiger partial charge in [0, 0.05) is 12.5 Å². The van der Waals surface area contributed by atoms with Crippen LogP contribution in [0.3, 0.4) is 0 Å². The molecule has 0 aromatic carbocycles. The number of rotatable bonds is 4. The van der Waals surface area contributed by atoms with Gasteiger partial charge in [-0.15, -0.1) is 0 Å². The molecule has 2 rings (SSSR count). The Bertz CT molecular complexity index is 407. The molecule has 0 unspecified atom stereocenters. The van der Waals surface area contributed by atoms with Gasteiger partial charge in [-0.05, 0) is 26.2 Å². The van der Waals surface area contributed by atoms with Gasteiger partial charge in [0.1, 0.15) is 12.3 Å². The normalized spacial score (nSPS) is 16.9. The van der Waals surface area contributed by atoms with Crippen LogP contribution in [0.25, 0.3) is 0 Å². The van der Waals surface area contributed by atoms with Crippen molar-refractivity contribution in [3.8, 4) is 0 Å². The summed E-state index contributed by atoms with van der Waals surface area (Å²) in [6.07, 6.45) is 4.47. The lowest BCUT2D eigenvalue weighted by Crippen LogP contribution is -2.43. The molecular weight excluding hydrogens is 216 g/mol. The highest BCUT2D eigenvalue weighted by Crippen LogP contribution is 2.17. The lowest BCUT2D eigenvalue weighted by Gasteiger charge is -2.26. The fourth-order valence-electron chi connectivity index (χ4n) is 1.75. The van der Waals surface area contributed by atoms with Crippen molar-refractivity contribution in [1.82, 2.24) is 10.3 Å². The third-order valence-electron chi connectivity index (χ3n) is 3.09. The smallest absolute Gasteiger partial charge is 0.194 e. The van der Waals surface area contributed by atoms with Crippen molar-refractivity contribution in [1.29, 1.82) is 0 Å². The summed E-state index contributed by atoms with van der Waals surface area (Å²) in [5.74, 6) is 2.07. The van der Waals surface area contributed by atoms with Crippen LogP contribution in [0.5, 0.6) is 0 Å². The molecule has 1 fully saturated rings. The van der Waals surface area contributed by atoms with Gasteiger partial charge in [0.2, 0.25) is 0 Å². The van der Waals surface area contributed by atoms with Crippen molar-refractivity contribution in [2.45, 2.75) is 52.1 Å². The van der Waals surface area contributed by atoms with E-state index in [4.69, 9.17) is 10.2 Å². The topological polar surface area (TPSA) is 76.4 Å². The second kappa shape index (κ2) is 5.21. The van der Waals surface area contributed by atoms with E-state index in [2.05, 4.69) is 15.3 Å². The minimum atomic E-state index is 0.463. The highest BCUT2D eigenvalue weighted by Gasteiger charge is 2.17. The quantitative estimate of drug-likeness (QED) is 0.613. The molecule has 0 saturated heterocycles. The van der Waals surface area contributed by atoms with E-state index in [1.165, 1.54) is 19.3 Å². The summed E-state index contributed by atoms with van der Waals surface area (Å²) in [7, 11) is 0. The van der Waals surface area contributed by atoms with Crippen LogP contribution >= 0.6 is 0 Å². The minimum absolute atomic E-state index is 0.463. The molecule has 1 aromatic heterocycles. The minimum Gasteiger partial charge on any atom is -0.443 e. The van der Waals surface area contributed by atoms with Crippen LogP contribution in [-0.2, 0) is 13.0 Å². The van der Waals surface area contributed by atoms with Crippen LogP contribution < -0.4 is 11.1 Å². The van der Waals surface area contributed by atoms with Gasteiger partial charge in [-0.2, -0.15) is 0 Å². The van der Waals surface area contributed by atoms with Crippen LogP contribution in [-0.4, -0.2) is 17.0 Å². The Kier molecular flexibility index (Phi) is 3.66. The molecule has 0 radical (unpaired) electrons. The summed E-state index contributed by atoms with van der Waals surface area (Å²) in [6.45, 7) is 4.41. The van der Waals surface area contributed by atoms with Crippen molar-refractivity contribution in [2.75, 3.05) is 0 Å². The molecule has 94 valence electrons. The number of guanidine groups is 1.